The van der Waals surface area contributed by atoms with Gasteiger partial charge in [-0.05, 0) is 37.6 Å². The molecule has 1 aliphatic rings. The van der Waals surface area contributed by atoms with Gasteiger partial charge in [0.15, 0.2) is 0 Å². The quantitative estimate of drug-likeness (QED) is 0.807. The molecule has 0 saturated heterocycles. The minimum atomic E-state index is -0.253. The van der Waals surface area contributed by atoms with E-state index >= 15 is 0 Å². The highest BCUT2D eigenvalue weighted by Crippen LogP contribution is 2.41. The third-order valence-electron chi connectivity index (χ3n) is 4.08. The molecule has 2 rings (SSSR count). The first kappa shape index (κ1) is 13.8. The molecule has 1 aliphatic carbocycles. The molecule has 0 bridgehead atoms. The van der Waals surface area contributed by atoms with Gasteiger partial charge in [0, 0.05) is 17.0 Å². The fourth-order valence-corrected chi connectivity index (χ4v) is 3.57. The van der Waals surface area contributed by atoms with Gasteiger partial charge in [-0.2, -0.15) is 0 Å². The number of hydrogen-bond acceptors (Lipinski definition) is 1. The van der Waals surface area contributed by atoms with Crippen LogP contribution < -0.4 is 5.32 Å². The molecule has 0 spiro atoms. The van der Waals surface area contributed by atoms with Crippen LogP contribution in [-0.2, 0) is 5.41 Å². The van der Waals surface area contributed by atoms with Crippen LogP contribution in [-0.4, -0.2) is 13.6 Å². The molecule has 0 atom stereocenters. The number of halogens is 2. The number of nitrogens with one attached hydrogen (secondary N) is 1. The Morgan fingerprint density at radius 3 is 2.44 bits per heavy atom. The lowest BCUT2D eigenvalue weighted by atomic mass is 9.74. The lowest BCUT2D eigenvalue weighted by molar-refractivity contribution is 0.357. The van der Waals surface area contributed by atoms with Gasteiger partial charge in [0.2, 0.25) is 0 Å². The molecule has 0 unspecified atom stereocenters. The molecule has 1 saturated carbocycles. The summed E-state index contributed by atoms with van der Waals surface area (Å²) in [5.41, 5.74) is 1.19. The fourth-order valence-electron chi connectivity index (χ4n) is 3.20. The molecular weight excluding hydrogens is 249 g/mol. The number of benzene rings is 1. The Morgan fingerprint density at radius 1 is 1.22 bits per heavy atom. The lowest BCUT2D eigenvalue weighted by Gasteiger charge is -2.34. The maximum absolute atomic E-state index is 13.2. The topological polar surface area (TPSA) is 12.0 Å². The van der Waals surface area contributed by atoms with Crippen LogP contribution in [0.25, 0.3) is 0 Å². The summed E-state index contributed by atoms with van der Waals surface area (Å²) in [6.07, 6.45) is 7.33. The Morgan fingerprint density at radius 2 is 1.89 bits per heavy atom. The van der Waals surface area contributed by atoms with Crippen molar-refractivity contribution in [2.24, 2.45) is 0 Å². The molecule has 1 aromatic carbocycles. The van der Waals surface area contributed by atoms with Crippen molar-refractivity contribution >= 4 is 11.6 Å². The minimum absolute atomic E-state index is 0.0794. The van der Waals surface area contributed by atoms with E-state index < -0.39 is 0 Å². The zero-order valence-electron chi connectivity index (χ0n) is 10.9. The van der Waals surface area contributed by atoms with Gasteiger partial charge in [0.25, 0.3) is 0 Å². The molecule has 0 radical (unpaired) electrons. The minimum Gasteiger partial charge on any atom is -0.319 e. The standard InChI is InChI=1S/C15H21ClFN/c1-18-11-15(8-4-2-3-5-9-15)13-7-6-12(17)10-14(13)16/h6-7,10,18H,2-5,8-9,11H2,1H3. The van der Waals surface area contributed by atoms with Gasteiger partial charge in [-0.1, -0.05) is 43.4 Å². The number of rotatable bonds is 3. The first-order chi connectivity index (χ1) is 8.68. The van der Waals surface area contributed by atoms with Gasteiger partial charge in [0.05, 0.1) is 0 Å². The molecule has 0 aliphatic heterocycles. The highest BCUT2D eigenvalue weighted by Gasteiger charge is 2.33. The Bertz CT molecular complexity index is 397. The van der Waals surface area contributed by atoms with E-state index in [9.17, 15) is 4.39 Å². The summed E-state index contributed by atoms with van der Waals surface area (Å²) in [5.74, 6) is -0.253. The van der Waals surface area contributed by atoms with E-state index in [1.54, 1.807) is 0 Å². The summed E-state index contributed by atoms with van der Waals surface area (Å²) in [5, 5.41) is 3.87. The van der Waals surface area contributed by atoms with Gasteiger partial charge < -0.3 is 5.32 Å². The van der Waals surface area contributed by atoms with Crippen LogP contribution in [0.15, 0.2) is 18.2 Å². The van der Waals surface area contributed by atoms with Crippen molar-refractivity contribution < 1.29 is 4.39 Å². The molecule has 0 aromatic heterocycles. The third kappa shape index (κ3) is 2.86. The second-order valence-electron chi connectivity index (χ2n) is 5.35. The smallest absolute Gasteiger partial charge is 0.124 e. The summed E-state index contributed by atoms with van der Waals surface area (Å²) in [4.78, 5) is 0. The average Bonchev–Trinajstić information content (AvgIpc) is 2.56. The Balaban J connectivity index is 2.38. The zero-order chi connectivity index (χ0) is 13.0. The first-order valence-electron chi connectivity index (χ1n) is 6.78. The van der Waals surface area contributed by atoms with Gasteiger partial charge in [-0.15, -0.1) is 0 Å². The molecule has 0 heterocycles. The third-order valence-corrected chi connectivity index (χ3v) is 4.39. The average molecular weight is 270 g/mol. The second kappa shape index (κ2) is 6.03. The van der Waals surface area contributed by atoms with Crippen LogP contribution in [0.3, 0.4) is 0 Å². The van der Waals surface area contributed by atoms with Crippen LogP contribution in [0.1, 0.15) is 44.1 Å². The Hall–Kier alpha value is -0.600. The zero-order valence-corrected chi connectivity index (χ0v) is 11.7. The summed E-state index contributed by atoms with van der Waals surface area (Å²) in [6, 6.07) is 4.85. The van der Waals surface area contributed by atoms with Crippen molar-refractivity contribution in [3.8, 4) is 0 Å². The predicted molar refractivity (Wildman–Crippen MR) is 74.7 cm³/mol. The number of likely N-dealkylation sites (N-methyl/N-ethyl adjacent to an activating group) is 1. The molecule has 1 N–H and O–H groups in total. The SMILES string of the molecule is CNCC1(c2ccc(F)cc2Cl)CCCCCC1. The van der Waals surface area contributed by atoms with E-state index in [2.05, 4.69) is 5.32 Å². The van der Waals surface area contributed by atoms with Crippen LogP contribution in [0.2, 0.25) is 5.02 Å². The van der Waals surface area contributed by atoms with Crippen molar-refractivity contribution in [1.29, 1.82) is 0 Å². The predicted octanol–water partition coefficient (Wildman–Crippen LogP) is 4.29. The van der Waals surface area contributed by atoms with E-state index in [1.807, 2.05) is 13.1 Å². The van der Waals surface area contributed by atoms with Crippen molar-refractivity contribution in [2.75, 3.05) is 13.6 Å². The van der Waals surface area contributed by atoms with E-state index in [4.69, 9.17) is 11.6 Å². The summed E-state index contributed by atoms with van der Waals surface area (Å²) >= 11 is 6.27. The van der Waals surface area contributed by atoms with Gasteiger partial charge >= 0.3 is 0 Å². The molecule has 1 fully saturated rings. The monoisotopic (exact) mass is 269 g/mol. The van der Waals surface area contributed by atoms with Gasteiger partial charge in [-0.3, -0.25) is 0 Å². The summed E-state index contributed by atoms with van der Waals surface area (Å²) in [7, 11) is 1.98. The van der Waals surface area contributed by atoms with E-state index in [0.717, 1.165) is 24.9 Å². The van der Waals surface area contributed by atoms with Gasteiger partial charge in [0.1, 0.15) is 5.82 Å². The summed E-state index contributed by atoms with van der Waals surface area (Å²) in [6.45, 7) is 0.915. The first-order valence-corrected chi connectivity index (χ1v) is 7.16. The molecule has 3 heteroatoms. The van der Waals surface area contributed by atoms with Crippen LogP contribution in [0.5, 0.6) is 0 Å². The molecule has 0 amide bonds. The molecule has 18 heavy (non-hydrogen) atoms. The van der Waals surface area contributed by atoms with Crippen molar-refractivity contribution in [1.82, 2.24) is 5.32 Å². The van der Waals surface area contributed by atoms with Crippen molar-refractivity contribution in [3.05, 3.63) is 34.6 Å². The van der Waals surface area contributed by atoms with Crippen LogP contribution in [0, 0.1) is 5.82 Å². The molecular formula is C15H21ClFN. The van der Waals surface area contributed by atoms with E-state index in [-0.39, 0.29) is 11.2 Å². The number of hydrogen-bond donors (Lipinski definition) is 1. The Labute approximate surface area is 114 Å². The normalized spacial score (nSPS) is 19.5. The Kier molecular flexibility index (Phi) is 4.63. The lowest BCUT2D eigenvalue weighted by Crippen LogP contribution is -2.36. The maximum atomic E-state index is 13.2. The second-order valence-corrected chi connectivity index (χ2v) is 5.76. The molecule has 1 nitrogen and oxygen atoms in total. The molecule has 1 aromatic rings. The fraction of sp³-hybridized carbons (Fsp3) is 0.600. The van der Waals surface area contributed by atoms with Crippen molar-refractivity contribution in [2.45, 2.75) is 43.9 Å². The maximum Gasteiger partial charge on any atom is 0.124 e. The highest BCUT2D eigenvalue weighted by atomic mass is 35.5. The largest absolute Gasteiger partial charge is 0.319 e. The van der Waals surface area contributed by atoms with E-state index in [1.165, 1.54) is 37.8 Å². The van der Waals surface area contributed by atoms with Crippen LogP contribution >= 0.6 is 11.6 Å². The van der Waals surface area contributed by atoms with E-state index in [0.29, 0.717) is 5.02 Å². The molecule has 100 valence electrons. The van der Waals surface area contributed by atoms with Crippen LogP contribution in [0.4, 0.5) is 4.39 Å². The van der Waals surface area contributed by atoms with Gasteiger partial charge in [-0.25, -0.2) is 4.39 Å². The summed E-state index contributed by atoms with van der Waals surface area (Å²) < 4.78 is 13.2. The highest BCUT2D eigenvalue weighted by molar-refractivity contribution is 6.31. The van der Waals surface area contributed by atoms with Crippen molar-refractivity contribution in [3.63, 3.8) is 0 Å².